The number of allylic oxidation sites excluding steroid dienone is 2. The van der Waals surface area contributed by atoms with Crippen LogP contribution in [-0.4, -0.2) is 33.4 Å². The van der Waals surface area contributed by atoms with Gasteiger partial charge in [-0.1, -0.05) is 11.3 Å². The molecule has 3 rings (SSSR count). The second-order valence-corrected chi connectivity index (χ2v) is 7.49. The number of carbonyl (C=O) groups is 1. The largest absolute Gasteiger partial charge is 0.348 e. The third kappa shape index (κ3) is 4.66. The Kier molecular flexibility index (Phi) is 5.81. The summed E-state index contributed by atoms with van der Waals surface area (Å²) in [6, 6.07) is 0.318. The highest BCUT2D eigenvalue weighted by molar-refractivity contribution is 7.16. The van der Waals surface area contributed by atoms with Crippen LogP contribution in [0.1, 0.15) is 49.9 Å². The fraction of sp³-hybridized carbons (Fsp3) is 0.421. The average molecular weight is 356 g/mol. The highest BCUT2D eigenvalue weighted by Gasteiger charge is 2.13. The second-order valence-electron chi connectivity index (χ2n) is 6.45. The van der Waals surface area contributed by atoms with E-state index in [1.54, 1.807) is 35.8 Å². The van der Waals surface area contributed by atoms with Gasteiger partial charge in [-0.3, -0.25) is 4.79 Å². The molecule has 0 N–H and O–H groups in total. The van der Waals surface area contributed by atoms with Crippen molar-refractivity contribution in [2.75, 3.05) is 18.0 Å². The number of hydrogen-bond donors (Lipinski definition) is 0. The van der Waals surface area contributed by atoms with Gasteiger partial charge in [-0.15, -0.1) is 0 Å². The van der Waals surface area contributed by atoms with Gasteiger partial charge in [-0.2, -0.15) is 0 Å². The van der Waals surface area contributed by atoms with Crippen molar-refractivity contribution in [3.05, 3.63) is 41.4 Å². The van der Waals surface area contributed by atoms with E-state index in [1.807, 2.05) is 23.0 Å². The van der Waals surface area contributed by atoms with Crippen LogP contribution in [0.3, 0.4) is 0 Å². The first-order valence-corrected chi connectivity index (χ1v) is 9.59. The summed E-state index contributed by atoms with van der Waals surface area (Å²) in [7, 11) is 0. The zero-order chi connectivity index (χ0) is 17.6. The van der Waals surface area contributed by atoms with Crippen molar-refractivity contribution in [1.82, 2.24) is 14.5 Å². The molecule has 1 saturated heterocycles. The predicted octanol–water partition coefficient (Wildman–Crippen LogP) is 4.21. The molecule has 0 aromatic carbocycles. The van der Waals surface area contributed by atoms with Crippen LogP contribution in [0.2, 0.25) is 0 Å². The molecular formula is C19H24N4OS. The van der Waals surface area contributed by atoms with Crippen LogP contribution in [-0.2, 0) is 4.79 Å². The number of ketones is 1. The minimum atomic E-state index is -0.0498. The lowest BCUT2D eigenvalue weighted by Gasteiger charge is -2.25. The molecule has 0 spiro atoms. The van der Waals surface area contributed by atoms with E-state index in [0.29, 0.717) is 6.04 Å². The minimum absolute atomic E-state index is 0.0498. The van der Waals surface area contributed by atoms with Crippen LogP contribution in [0.5, 0.6) is 0 Å². The molecule has 25 heavy (non-hydrogen) atoms. The summed E-state index contributed by atoms with van der Waals surface area (Å²) in [6.07, 6.45) is 16.0. The topological polar surface area (TPSA) is 51.0 Å². The van der Waals surface area contributed by atoms with Gasteiger partial charge in [-0.05, 0) is 57.4 Å². The Morgan fingerprint density at radius 3 is 2.68 bits per heavy atom. The fourth-order valence-electron chi connectivity index (χ4n) is 2.85. The monoisotopic (exact) mass is 356 g/mol. The van der Waals surface area contributed by atoms with Gasteiger partial charge in [0, 0.05) is 42.6 Å². The summed E-state index contributed by atoms with van der Waals surface area (Å²) in [5, 5.41) is 1.06. The summed E-state index contributed by atoms with van der Waals surface area (Å²) in [6.45, 7) is 6.34. The smallest absolute Gasteiger partial charge is 0.185 e. The number of carbonyl (C=O) groups excluding carboxylic acids is 1. The molecule has 2 aromatic rings. The number of piperidine rings is 1. The van der Waals surface area contributed by atoms with Gasteiger partial charge >= 0.3 is 0 Å². The van der Waals surface area contributed by atoms with Crippen molar-refractivity contribution < 1.29 is 4.79 Å². The number of hydrogen-bond acceptors (Lipinski definition) is 5. The lowest BCUT2D eigenvalue weighted by atomic mass is 10.1. The normalized spacial score (nSPS) is 15.7. The highest BCUT2D eigenvalue weighted by Crippen LogP contribution is 2.26. The molecule has 6 heteroatoms. The lowest BCUT2D eigenvalue weighted by molar-refractivity contribution is -0.110. The average Bonchev–Trinajstić information content (AvgIpc) is 3.28. The van der Waals surface area contributed by atoms with Crippen molar-refractivity contribution in [3.63, 3.8) is 0 Å². The quantitative estimate of drug-likeness (QED) is 0.728. The number of anilines is 1. The molecule has 1 aliphatic heterocycles. The number of thiazole rings is 1. The van der Waals surface area contributed by atoms with Crippen LogP contribution in [0, 0.1) is 0 Å². The number of nitrogens with zero attached hydrogens (tertiary/aromatic N) is 4. The summed E-state index contributed by atoms with van der Waals surface area (Å²) < 4.78 is 2.03. The maximum Gasteiger partial charge on any atom is 0.185 e. The van der Waals surface area contributed by atoms with E-state index < -0.39 is 0 Å². The first-order valence-electron chi connectivity index (χ1n) is 8.77. The van der Waals surface area contributed by atoms with Gasteiger partial charge in [0.05, 0.1) is 0 Å². The molecule has 0 atom stereocenters. The Morgan fingerprint density at radius 1 is 1.16 bits per heavy atom. The van der Waals surface area contributed by atoms with E-state index >= 15 is 0 Å². The Labute approximate surface area is 152 Å². The predicted molar refractivity (Wildman–Crippen MR) is 104 cm³/mol. The van der Waals surface area contributed by atoms with Crippen LogP contribution < -0.4 is 4.90 Å². The van der Waals surface area contributed by atoms with Gasteiger partial charge in [-0.25, -0.2) is 9.97 Å². The Morgan fingerprint density at radius 2 is 1.92 bits per heavy atom. The number of aromatic nitrogens is 3. The standard InChI is InChI=1S/C19H24N4OS/c1-15(2)23-13-10-20-18(23)9-7-16(24)6-8-17-14-21-19(25-17)22-11-4-3-5-12-22/h6-10,13-15H,3-5,11-12H2,1-2H3/b8-6+,9-7+. The molecule has 2 aromatic heterocycles. The van der Waals surface area contributed by atoms with E-state index in [-0.39, 0.29) is 5.78 Å². The molecule has 1 fully saturated rings. The fourth-order valence-corrected chi connectivity index (χ4v) is 3.72. The molecule has 5 nitrogen and oxygen atoms in total. The van der Waals surface area contributed by atoms with E-state index in [1.165, 1.54) is 19.3 Å². The molecule has 0 radical (unpaired) electrons. The lowest BCUT2D eigenvalue weighted by Crippen LogP contribution is -2.29. The minimum Gasteiger partial charge on any atom is -0.348 e. The summed E-state index contributed by atoms with van der Waals surface area (Å²) >= 11 is 1.64. The number of rotatable bonds is 6. The second kappa shape index (κ2) is 8.25. The maximum absolute atomic E-state index is 12.1. The van der Waals surface area contributed by atoms with Gasteiger partial charge in [0.1, 0.15) is 5.82 Å². The summed E-state index contributed by atoms with van der Waals surface area (Å²) in [4.78, 5) is 24.2. The zero-order valence-corrected chi connectivity index (χ0v) is 15.6. The molecule has 0 bridgehead atoms. The molecule has 132 valence electrons. The summed E-state index contributed by atoms with van der Waals surface area (Å²) in [5.41, 5.74) is 0. The van der Waals surface area contributed by atoms with E-state index in [9.17, 15) is 4.79 Å². The van der Waals surface area contributed by atoms with Crippen molar-refractivity contribution in [2.45, 2.75) is 39.2 Å². The first kappa shape index (κ1) is 17.6. The molecule has 0 unspecified atom stereocenters. The van der Waals surface area contributed by atoms with Gasteiger partial charge in [0.2, 0.25) is 0 Å². The van der Waals surface area contributed by atoms with Crippen molar-refractivity contribution >= 4 is 34.4 Å². The third-order valence-electron chi connectivity index (χ3n) is 4.20. The highest BCUT2D eigenvalue weighted by atomic mass is 32.1. The molecule has 0 saturated carbocycles. The van der Waals surface area contributed by atoms with Gasteiger partial charge < -0.3 is 9.47 Å². The van der Waals surface area contributed by atoms with Crippen molar-refractivity contribution in [3.8, 4) is 0 Å². The molecule has 0 aliphatic carbocycles. The van der Waals surface area contributed by atoms with E-state index in [4.69, 9.17) is 0 Å². The van der Waals surface area contributed by atoms with Crippen molar-refractivity contribution in [2.24, 2.45) is 0 Å². The zero-order valence-electron chi connectivity index (χ0n) is 14.8. The van der Waals surface area contributed by atoms with Gasteiger partial charge in [0.25, 0.3) is 0 Å². The third-order valence-corrected chi connectivity index (χ3v) is 5.22. The van der Waals surface area contributed by atoms with Crippen molar-refractivity contribution in [1.29, 1.82) is 0 Å². The van der Waals surface area contributed by atoms with Crippen LogP contribution in [0.25, 0.3) is 12.2 Å². The first-order chi connectivity index (χ1) is 12.1. The SMILES string of the molecule is CC(C)n1ccnc1/C=C/C(=O)/C=C/c1cnc(N2CCCCC2)s1. The summed E-state index contributed by atoms with van der Waals surface area (Å²) in [5.74, 6) is 0.744. The van der Waals surface area contributed by atoms with Crippen LogP contribution >= 0.6 is 11.3 Å². The molecule has 0 amide bonds. The van der Waals surface area contributed by atoms with Gasteiger partial charge in [0.15, 0.2) is 10.9 Å². The maximum atomic E-state index is 12.1. The number of imidazole rings is 1. The molecular weight excluding hydrogens is 332 g/mol. The molecule has 1 aliphatic rings. The van der Waals surface area contributed by atoms with Crippen LogP contribution in [0.15, 0.2) is 30.7 Å². The van der Waals surface area contributed by atoms with Crippen LogP contribution in [0.4, 0.5) is 5.13 Å². The van der Waals surface area contributed by atoms with E-state index in [2.05, 4.69) is 28.7 Å². The molecule has 3 heterocycles. The Bertz CT molecular complexity index is 766. The Balaban J connectivity index is 1.60. The van der Waals surface area contributed by atoms with E-state index in [0.717, 1.165) is 28.9 Å². The Hall–Kier alpha value is -2.21.